The van der Waals surface area contributed by atoms with Crippen molar-refractivity contribution in [2.24, 2.45) is 0 Å². The number of aromatic nitrogens is 5. The Bertz CT molecular complexity index is 1020. The molecule has 0 spiro atoms. The van der Waals surface area contributed by atoms with E-state index in [2.05, 4.69) is 15.1 Å². The van der Waals surface area contributed by atoms with E-state index in [4.69, 9.17) is 10.8 Å². The summed E-state index contributed by atoms with van der Waals surface area (Å²) in [5, 5.41) is 14.1. The third-order valence-corrected chi connectivity index (χ3v) is 5.06. The van der Waals surface area contributed by atoms with Crippen LogP contribution in [-0.4, -0.2) is 36.0 Å². The summed E-state index contributed by atoms with van der Waals surface area (Å²) >= 11 is 0. The van der Waals surface area contributed by atoms with E-state index in [9.17, 15) is 4.79 Å². The molecule has 3 aromatic heterocycles. The van der Waals surface area contributed by atoms with Gasteiger partial charge in [0, 0.05) is 23.2 Å². The Morgan fingerprint density at radius 2 is 2.08 bits per heavy atom. The van der Waals surface area contributed by atoms with Gasteiger partial charge in [0.05, 0.1) is 30.6 Å². The number of nitrogen functional groups attached to an aromatic ring is 1. The molecule has 26 heavy (non-hydrogen) atoms. The van der Waals surface area contributed by atoms with Gasteiger partial charge in [-0.15, -0.1) is 0 Å². The van der Waals surface area contributed by atoms with Gasteiger partial charge < -0.3 is 10.8 Å². The first-order valence-electron chi connectivity index (χ1n) is 8.91. The van der Waals surface area contributed by atoms with Gasteiger partial charge >= 0.3 is 0 Å². The number of aliphatic hydroxyl groups is 1. The van der Waals surface area contributed by atoms with Crippen LogP contribution in [-0.2, 0) is 6.54 Å². The highest BCUT2D eigenvalue weighted by atomic mass is 16.3. The first kappa shape index (κ1) is 16.7. The SMILES string of the molecule is Cc1nc(N)nc2c1cc(-c1cnn(CCO)c1)c(=O)n2C1CCCC1. The quantitative estimate of drug-likeness (QED) is 0.737. The molecular formula is C18H22N6O2. The van der Waals surface area contributed by atoms with Crippen molar-refractivity contribution in [3.63, 3.8) is 0 Å². The number of pyridine rings is 1. The fourth-order valence-corrected chi connectivity index (χ4v) is 3.81. The fourth-order valence-electron chi connectivity index (χ4n) is 3.81. The van der Waals surface area contributed by atoms with E-state index in [1.54, 1.807) is 21.6 Å². The minimum Gasteiger partial charge on any atom is -0.394 e. The van der Waals surface area contributed by atoms with Gasteiger partial charge in [-0.05, 0) is 25.8 Å². The second-order valence-electron chi connectivity index (χ2n) is 6.79. The van der Waals surface area contributed by atoms with Crippen LogP contribution in [0.2, 0.25) is 0 Å². The van der Waals surface area contributed by atoms with Gasteiger partial charge in [-0.1, -0.05) is 12.8 Å². The van der Waals surface area contributed by atoms with E-state index >= 15 is 0 Å². The summed E-state index contributed by atoms with van der Waals surface area (Å²) in [5.74, 6) is 0.185. The summed E-state index contributed by atoms with van der Waals surface area (Å²) in [5.41, 5.74) is 8.44. The number of hydrogen-bond acceptors (Lipinski definition) is 6. The maximum Gasteiger partial charge on any atom is 0.260 e. The monoisotopic (exact) mass is 354 g/mol. The van der Waals surface area contributed by atoms with E-state index in [1.807, 2.05) is 13.0 Å². The molecule has 0 aliphatic heterocycles. The summed E-state index contributed by atoms with van der Waals surface area (Å²) in [6, 6.07) is 1.96. The second kappa shape index (κ2) is 6.53. The number of nitrogens with two attached hydrogens (primary N) is 1. The number of aryl methyl sites for hydroxylation is 1. The Morgan fingerprint density at radius 3 is 2.81 bits per heavy atom. The van der Waals surface area contributed by atoms with Gasteiger partial charge in [0.15, 0.2) is 0 Å². The summed E-state index contributed by atoms with van der Waals surface area (Å²) in [6.07, 6.45) is 7.58. The van der Waals surface area contributed by atoms with Crippen molar-refractivity contribution in [1.82, 2.24) is 24.3 Å². The maximum atomic E-state index is 13.3. The molecule has 0 amide bonds. The lowest BCUT2D eigenvalue weighted by molar-refractivity contribution is 0.269. The third kappa shape index (κ3) is 2.76. The fraction of sp³-hybridized carbons (Fsp3) is 0.444. The molecule has 8 nitrogen and oxygen atoms in total. The number of aliphatic hydroxyl groups excluding tert-OH is 1. The van der Waals surface area contributed by atoms with E-state index in [0.29, 0.717) is 17.8 Å². The van der Waals surface area contributed by atoms with Crippen LogP contribution < -0.4 is 11.3 Å². The second-order valence-corrected chi connectivity index (χ2v) is 6.79. The average molecular weight is 354 g/mol. The molecule has 1 saturated carbocycles. The molecule has 1 aliphatic rings. The van der Waals surface area contributed by atoms with Crippen molar-refractivity contribution in [3.05, 3.63) is 34.5 Å². The molecule has 0 bridgehead atoms. The number of anilines is 1. The predicted molar refractivity (Wildman–Crippen MR) is 98.8 cm³/mol. The van der Waals surface area contributed by atoms with Gasteiger partial charge in [0.1, 0.15) is 5.65 Å². The Morgan fingerprint density at radius 1 is 1.31 bits per heavy atom. The van der Waals surface area contributed by atoms with Crippen LogP contribution in [0.4, 0.5) is 5.95 Å². The lowest BCUT2D eigenvalue weighted by Gasteiger charge is -2.18. The minimum absolute atomic E-state index is 0.00261. The molecule has 136 valence electrons. The van der Waals surface area contributed by atoms with Crippen LogP contribution in [0, 0.1) is 6.92 Å². The van der Waals surface area contributed by atoms with Crippen molar-refractivity contribution >= 4 is 17.0 Å². The molecular weight excluding hydrogens is 332 g/mol. The van der Waals surface area contributed by atoms with Gasteiger partial charge in [0.2, 0.25) is 5.95 Å². The number of rotatable bonds is 4. The lowest BCUT2D eigenvalue weighted by atomic mass is 10.1. The van der Waals surface area contributed by atoms with Crippen LogP contribution in [0.1, 0.15) is 37.4 Å². The number of nitrogens with zero attached hydrogens (tertiary/aromatic N) is 5. The van der Waals surface area contributed by atoms with E-state index < -0.39 is 0 Å². The zero-order chi connectivity index (χ0) is 18.3. The van der Waals surface area contributed by atoms with E-state index in [1.165, 1.54) is 0 Å². The standard InChI is InChI=1S/C18H22N6O2/c1-11-14-8-15(12-9-20-23(10-12)6-7-25)17(26)24(13-4-2-3-5-13)16(14)22-18(19)21-11/h8-10,13,25H,2-7H2,1H3,(H2,19,21,22). The highest BCUT2D eigenvalue weighted by Gasteiger charge is 2.24. The molecule has 3 heterocycles. The molecule has 0 aromatic carbocycles. The zero-order valence-electron chi connectivity index (χ0n) is 14.7. The first-order chi connectivity index (χ1) is 12.6. The summed E-state index contributed by atoms with van der Waals surface area (Å²) in [4.78, 5) is 22.0. The Labute approximate surface area is 150 Å². The number of fused-ring (bicyclic) bond motifs is 1. The smallest absolute Gasteiger partial charge is 0.260 e. The predicted octanol–water partition coefficient (Wildman–Crippen LogP) is 1.65. The van der Waals surface area contributed by atoms with Crippen molar-refractivity contribution in [3.8, 4) is 11.1 Å². The molecule has 4 rings (SSSR count). The van der Waals surface area contributed by atoms with Crippen LogP contribution in [0.15, 0.2) is 23.3 Å². The minimum atomic E-state index is -0.0783. The molecule has 0 radical (unpaired) electrons. The van der Waals surface area contributed by atoms with Crippen molar-refractivity contribution in [1.29, 1.82) is 0 Å². The van der Waals surface area contributed by atoms with Gasteiger partial charge in [-0.3, -0.25) is 14.0 Å². The van der Waals surface area contributed by atoms with Crippen molar-refractivity contribution < 1.29 is 5.11 Å². The van der Waals surface area contributed by atoms with Crippen molar-refractivity contribution in [2.45, 2.75) is 45.2 Å². The topological polar surface area (TPSA) is 112 Å². The highest BCUT2D eigenvalue weighted by molar-refractivity contribution is 5.84. The Hall–Kier alpha value is -2.74. The van der Waals surface area contributed by atoms with Crippen molar-refractivity contribution in [2.75, 3.05) is 12.3 Å². The largest absolute Gasteiger partial charge is 0.394 e. The molecule has 1 aliphatic carbocycles. The summed E-state index contributed by atoms with van der Waals surface area (Å²) in [6.45, 7) is 2.27. The average Bonchev–Trinajstić information content (AvgIpc) is 3.27. The Kier molecular flexibility index (Phi) is 4.20. The van der Waals surface area contributed by atoms with Crippen LogP contribution in [0.5, 0.6) is 0 Å². The molecule has 0 unspecified atom stereocenters. The normalized spacial score (nSPS) is 15.2. The maximum absolute atomic E-state index is 13.3. The third-order valence-electron chi connectivity index (χ3n) is 5.06. The zero-order valence-corrected chi connectivity index (χ0v) is 14.7. The van der Waals surface area contributed by atoms with Crippen LogP contribution in [0.3, 0.4) is 0 Å². The van der Waals surface area contributed by atoms with Gasteiger partial charge in [-0.25, -0.2) is 4.98 Å². The molecule has 1 fully saturated rings. The first-order valence-corrected chi connectivity index (χ1v) is 8.91. The lowest BCUT2D eigenvalue weighted by Crippen LogP contribution is -2.26. The van der Waals surface area contributed by atoms with E-state index in [0.717, 1.165) is 42.3 Å². The number of hydrogen-bond donors (Lipinski definition) is 2. The van der Waals surface area contributed by atoms with E-state index in [-0.39, 0.29) is 24.2 Å². The Balaban J connectivity index is 1.98. The summed E-state index contributed by atoms with van der Waals surface area (Å²) < 4.78 is 3.43. The van der Waals surface area contributed by atoms with Crippen LogP contribution >= 0.6 is 0 Å². The molecule has 0 atom stereocenters. The molecule has 8 heteroatoms. The molecule has 3 N–H and O–H groups in total. The van der Waals surface area contributed by atoms with Gasteiger partial charge in [0.25, 0.3) is 5.56 Å². The highest BCUT2D eigenvalue weighted by Crippen LogP contribution is 2.32. The summed E-state index contributed by atoms with van der Waals surface area (Å²) in [7, 11) is 0. The molecule has 3 aromatic rings. The molecule has 0 saturated heterocycles. The van der Waals surface area contributed by atoms with Crippen LogP contribution in [0.25, 0.3) is 22.2 Å². The van der Waals surface area contributed by atoms with Gasteiger partial charge in [-0.2, -0.15) is 10.1 Å².